The van der Waals surface area contributed by atoms with Gasteiger partial charge in [0.2, 0.25) is 5.82 Å². The van der Waals surface area contributed by atoms with Crippen LogP contribution in [0.15, 0.2) is 48.7 Å². The van der Waals surface area contributed by atoms with Crippen LogP contribution in [0, 0.1) is 0 Å². The van der Waals surface area contributed by atoms with Crippen molar-refractivity contribution in [1.29, 1.82) is 0 Å². The topological polar surface area (TPSA) is 60.2 Å². The number of ether oxygens (including phenoxy) is 1. The van der Waals surface area contributed by atoms with Gasteiger partial charge in [0.1, 0.15) is 12.1 Å². The molecule has 1 amide bonds. The Bertz CT molecular complexity index is 973. The Labute approximate surface area is 165 Å². The summed E-state index contributed by atoms with van der Waals surface area (Å²) in [6.45, 7) is 1.86. The van der Waals surface area contributed by atoms with Crippen molar-refractivity contribution in [3.8, 4) is 0 Å². The van der Waals surface area contributed by atoms with Crippen molar-refractivity contribution in [3.63, 3.8) is 0 Å². The smallest absolute Gasteiger partial charge is 0.445 e. The lowest BCUT2D eigenvalue weighted by Crippen LogP contribution is -2.34. The van der Waals surface area contributed by atoms with Gasteiger partial charge >= 0.3 is 12.3 Å². The number of halogens is 3. The predicted molar refractivity (Wildman–Crippen MR) is 101 cm³/mol. The molecule has 2 heterocycles. The van der Waals surface area contributed by atoms with Crippen molar-refractivity contribution in [2.45, 2.75) is 32.2 Å². The van der Waals surface area contributed by atoms with Gasteiger partial charge in [-0.15, -0.1) is 0 Å². The number of fused-ring (bicyclic) bond motifs is 1. The Balaban J connectivity index is 1.80. The van der Waals surface area contributed by atoms with Crippen molar-refractivity contribution in [2.24, 2.45) is 0 Å². The maximum atomic E-state index is 13.6. The van der Waals surface area contributed by atoms with Gasteiger partial charge in [0.15, 0.2) is 5.65 Å². The molecular formula is C20H21F3N4O2. The van der Waals surface area contributed by atoms with Gasteiger partial charge in [0.25, 0.3) is 0 Å². The number of hydrogen-bond acceptors (Lipinski definition) is 4. The minimum atomic E-state index is -4.64. The van der Waals surface area contributed by atoms with Crippen LogP contribution in [0.25, 0.3) is 11.2 Å². The second-order valence-electron chi connectivity index (χ2n) is 6.63. The van der Waals surface area contributed by atoms with Crippen molar-refractivity contribution in [2.75, 3.05) is 13.6 Å². The minimum absolute atomic E-state index is 0.0231. The molecule has 0 bridgehead atoms. The van der Waals surface area contributed by atoms with Crippen LogP contribution >= 0.6 is 0 Å². The van der Waals surface area contributed by atoms with Crippen LogP contribution in [0.4, 0.5) is 18.0 Å². The lowest BCUT2D eigenvalue weighted by Gasteiger charge is -2.26. The molecule has 29 heavy (non-hydrogen) atoms. The lowest BCUT2D eigenvalue weighted by atomic mass is 10.2. The summed E-state index contributed by atoms with van der Waals surface area (Å²) < 4.78 is 47.0. The molecule has 0 spiro atoms. The van der Waals surface area contributed by atoms with Gasteiger partial charge in [-0.1, -0.05) is 37.3 Å². The van der Waals surface area contributed by atoms with E-state index >= 15 is 0 Å². The molecule has 9 heteroatoms. The van der Waals surface area contributed by atoms with Gasteiger partial charge in [-0.25, -0.2) is 14.8 Å². The van der Waals surface area contributed by atoms with E-state index in [9.17, 15) is 18.0 Å². The molecule has 0 aliphatic carbocycles. The van der Waals surface area contributed by atoms with E-state index in [0.29, 0.717) is 6.42 Å². The average Bonchev–Trinajstić information content (AvgIpc) is 3.11. The molecule has 0 fully saturated rings. The summed E-state index contributed by atoms with van der Waals surface area (Å²) >= 11 is 0. The normalized spacial score (nSPS) is 12.7. The summed E-state index contributed by atoms with van der Waals surface area (Å²) in [4.78, 5) is 21.4. The number of imidazole rings is 1. The zero-order valence-corrected chi connectivity index (χ0v) is 16.1. The van der Waals surface area contributed by atoms with Gasteiger partial charge in [0, 0.05) is 19.8 Å². The zero-order valence-electron chi connectivity index (χ0n) is 16.1. The Morgan fingerprint density at radius 1 is 1.21 bits per heavy atom. The Hall–Kier alpha value is -3.10. The maximum Gasteiger partial charge on any atom is 0.449 e. The van der Waals surface area contributed by atoms with Crippen LogP contribution in [-0.2, 0) is 17.5 Å². The van der Waals surface area contributed by atoms with E-state index in [-0.39, 0.29) is 24.3 Å². The van der Waals surface area contributed by atoms with E-state index in [0.717, 1.165) is 10.1 Å². The van der Waals surface area contributed by atoms with Gasteiger partial charge < -0.3 is 14.2 Å². The number of aromatic nitrogens is 3. The lowest BCUT2D eigenvalue weighted by molar-refractivity contribution is -0.147. The van der Waals surface area contributed by atoms with Gasteiger partial charge in [-0.2, -0.15) is 13.2 Å². The second-order valence-corrected chi connectivity index (χ2v) is 6.63. The van der Waals surface area contributed by atoms with E-state index in [4.69, 9.17) is 4.74 Å². The third-order valence-corrected chi connectivity index (χ3v) is 4.54. The van der Waals surface area contributed by atoms with E-state index in [2.05, 4.69) is 9.97 Å². The van der Waals surface area contributed by atoms with E-state index < -0.39 is 24.1 Å². The number of rotatable bonds is 6. The fraction of sp³-hybridized carbons (Fsp3) is 0.350. The molecule has 0 radical (unpaired) electrons. The number of likely N-dealkylation sites (N-methyl/N-ethyl adjacent to an activating group) is 1. The van der Waals surface area contributed by atoms with Crippen LogP contribution in [-0.4, -0.2) is 39.1 Å². The largest absolute Gasteiger partial charge is 0.449 e. The van der Waals surface area contributed by atoms with E-state index in [1.165, 1.54) is 30.3 Å². The van der Waals surface area contributed by atoms with Crippen molar-refractivity contribution >= 4 is 17.3 Å². The van der Waals surface area contributed by atoms with E-state index in [1.807, 2.05) is 30.3 Å². The molecule has 0 saturated heterocycles. The molecule has 3 rings (SSSR count). The SMILES string of the molecule is CC[C@H](CN(C)C(=O)OCc1ccccc1)n1c(C(F)(F)F)nc2cccnc21. The third-order valence-electron chi connectivity index (χ3n) is 4.54. The summed E-state index contributed by atoms with van der Waals surface area (Å²) in [7, 11) is 1.50. The molecule has 0 saturated carbocycles. The highest BCUT2D eigenvalue weighted by Gasteiger charge is 2.39. The molecule has 6 nitrogen and oxygen atoms in total. The van der Waals surface area contributed by atoms with E-state index in [1.54, 1.807) is 6.92 Å². The first-order valence-corrected chi connectivity index (χ1v) is 9.13. The number of carbonyl (C=O) groups is 1. The molecule has 154 valence electrons. The van der Waals surface area contributed by atoms with Crippen molar-refractivity contribution in [3.05, 3.63) is 60.0 Å². The zero-order chi connectivity index (χ0) is 21.0. The first kappa shape index (κ1) is 20.6. The van der Waals surface area contributed by atoms with Gasteiger partial charge in [-0.05, 0) is 24.1 Å². The summed E-state index contributed by atoms with van der Waals surface area (Å²) in [6.07, 6.45) is -3.48. The van der Waals surface area contributed by atoms with Crippen molar-refractivity contribution < 1.29 is 22.7 Å². The third kappa shape index (κ3) is 4.67. The van der Waals surface area contributed by atoms with Gasteiger partial charge in [0.05, 0.1) is 6.04 Å². The summed E-state index contributed by atoms with van der Waals surface area (Å²) in [5.41, 5.74) is 1.12. The van der Waals surface area contributed by atoms with Crippen LogP contribution in [0.1, 0.15) is 30.8 Å². The van der Waals surface area contributed by atoms with Crippen molar-refractivity contribution in [1.82, 2.24) is 19.4 Å². The molecule has 2 aromatic heterocycles. The summed E-state index contributed by atoms with van der Waals surface area (Å²) in [6, 6.07) is 11.5. The highest BCUT2D eigenvalue weighted by atomic mass is 19.4. The fourth-order valence-corrected chi connectivity index (χ4v) is 3.09. The predicted octanol–water partition coefficient (Wildman–Crippen LogP) is 4.67. The molecule has 0 aliphatic heterocycles. The van der Waals surface area contributed by atoms with Crippen LogP contribution < -0.4 is 0 Å². The second kappa shape index (κ2) is 8.50. The van der Waals surface area contributed by atoms with Gasteiger partial charge in [-0.3, -0.25) is 0 Å². The first-order chi connectivity index (χ1) is 13.8. The monoisotopic (exact) mass is 406 g/mol. The molecule has 1 atom stereocenters. The Morgan fingerprint density at radius 2 is 1.93 bits per heavy atom. The first-order valence-electron chi connectivity index (χ1n) is 9.13. The Morgan fingerprint density at radius 3 is 2.59 bits per heavy atom. The number of amides is 1. The number of nitrogens with zero attached hydrogens (tertiary/aromatic N) is 4. The summed E-state index contributed by atoms with van der Waals surface area (Å²) in [5.74, 6) is -1.02. The molecule has 0 N–H and O–H groups in total. The number of hydrogen-bond donors (Lipinski definition) is 0. The summed E-state index contributed by atoms with van der Waals surface area (Å²) in [5, 5.41) is 0. The number of benzene rings is 1. The molecule has 1 aromatic carbocycles. The Kier molecular flexibility index (Phi) is 6.05. The number of alkyl halides is 3. The van der Waals surface area contributed by atoms with Crippen LogP contribution in [0.5, 0.6) is 0 Å². The standard InChI is InChI=1S/C20H21F3N4O2/c1-3-15(12-26(2)19(28)29-13-14-8-5-4-6-9-14)27-17-16(10-7-11-24-17)25-18(27)20(21,22)23/h4-11,15H,3,12-13H2,1-2H3/t15-/m1/s1. The highest BCUT2D eigenvalue weighted by molar-refractivity contribution is 5.71. The molecular weight excluding hydrogens is 385 g/mol. The molecule has 0 aliphatic rings. The van der Waals surface area contributed by atoms with Crippen LogP contribution in [0.3, 0.4) is 0 Å². The quantitative estimate of drug-likeness (QED) is 0.597. The minimum Gasteiger partial charge on any atom is -0.445 e. The average molecular weight is 406 g/mol. The molecule has 0 unspecified atom stereocenters. The fourth-order valence-electron chi connectivity index (χ4n) is 3.09. The highest BCUT2D eigenvalue weighted by Crippen LogP contribution is 2.34. The number of pyridine rings is 1. The molecule has 3 aromatic rings. The number of carbonyl (C=O) groups excluding carboxylic acids is 1. The van der Waals surface area contributed by atoms with Crippen LogP contribution in [0.2, 0.25) is 0 Å². The maximum absolute atomic E-state index is 13.6.